The second-order valence-corrected chi connectivity index (χ2v) is 4.72. The van der Waals surface area contributed by atoms with Crippen molar-refractivity contribution in [3.63, 3.8) is 0 Å². The molecular formula is C15H21N3O. The van der Waals surface area contributed by atoms with Crippen molar-refractivity contribution < 1.29 is 4.79 Å². The van der Waals surface area contributed by atoms with Gasteiger partial charge in [-0.15, -0.1) is 0 Å². The Bertz CT molecular complexity index is 447. The van der Waals surface area contributed by atoms with Gasteiger partial charge in [0.25, 0.3) is 0 Å². The van der Waals surface area contributed by atoms with E-state index in [2.05, 4.69) is 16.7 Å². The van der Waals surface area contributed by atoms with E-state index in [9.17, 15) is 4.79 Å². The summed E-state index contributed by atoms with van der Waals surface area (Å²) >= 11 is 0. The van der Waals surface area contributed by atoms with E-state index < -0.39 is 0 Å². The molecule has 0 saturated heterocycles. The van der Waals surface area contributed by atoms with Crippen LogP contribution < -0.4 is 10.6 Å². The van der Waals surface area contributed by atoms with Crippen LogP contribution in [-0.4, -0.2) is 18.0 Å². The first-order valence-electron chi connectivity index (χ1n) is 6.59. The van der Waals surface area contributed by atoms with Gasteiger partial charge in [0, 0.05) is 11.7 Å². The van der Waals surface area contributed by atoms with Crippen LogP contribution in [0.15, 0.2) is 24.3 Å². The first kappa shape index (κ1) is 15.0. The number of benzene rings is 1. The van der Waals surface area contributed by atoms with Gasteiger partial charge in [-0.25, -0.2) is 0 Å². The standard InChI is InChI=1S/C15H21N3O/c1-4-11(2)17-15(19)12(3)18-14-7-5-13(6-8-14)9-10-16/h5-8,11-12,18H,4,9H2,1-3H3,(H,17,19). The fourth-order valence-corrected chi connectivity index (χ4v) is 1.60. The molecule has 0 heterocycles. The number of nitriles is 1. The largest absolute Gasteiger partial charge is 0.374 e. The number of rotatable bonds is 6. The Morgan fingerprint density at radius 1 is 1.32 bits per heavy atom. The van der Waals surface area contributed by atoms with Crippen LogP contribution in [0.25, 0.3) is 0 Å². The second-order valence-electron chi connectivity index (χ2n) is 4.72. The lowest BCUT2D eigenvalue weighted by molar-refractivity contribution is -0.122. The number of nitrogens with one attached hydrogen (secondary N) is 2. The molecule has 4 heteroatoms. The summed E-state index contributed by atoms with van der Waals surface area (Å²) < 4.78 is 0. The SMILES string of the molecule is CCC(C)NC(=O)C(C)Nc1ccc(CC#N)cc1. The van der Waals surface area contributed by atoms with Gasteiger partial charge in [-0.05, 0) is 38.0 Å². The number of carbonyl (C=O) groups is 1. The molecular weight excluding hydrogens is 238 g/mol. The first-order valence-corrected chi connectivity index (χ1v) is 6.59. The third-order valence-corrected chi connectivity index (χ3v) is 3.01. The Morgan fingerprint density at radius 2 is 1.95 bits per heavy atom. The summed E-state index contributed by atoms with van der Waals surface area (Å²) in [5, 5.41) is 14.7. The Kier molecular flexibility index (Phi) is 5.87. The van der Waals surface area contributed by atoms with Gasteiger partial charge >= 0.3 is 0 Å². The summed E-state index contributed by atoms with van der Waals surface area (Å²) in [5.74, 6) is -0.00421. The van der Waals surface area contributed by atoms with E-state index in [-0.39, 0.29) is 18.0 Å². The summed E-state index contributed by atoms with van der Waals surface area (Å²) in [6.45, 7) is 5.86. The molecule has 0 aromatic heterocycles. The Labute approximate surface area is 114 Å². The lowest BCUT2D eigenvalue weighted by Crippen LogP contribution is -2.41. The van der Waals surface area contributed by atoms with E-state index in [4.69, 9.17) is 5.26 Å². The van der Waals surface area contributed by atoms with Crippen molar-refractivity contribution in [2.75, 3.05) is 5.32 Å². The van der Waals surface area contributed by atoms with Crippen molar-refractivity contribution >= 4 is 11.6 Å². The smallest absolute Gasteiger partial charge is 0.242 e. The maximum absolute atomic E-state index is 11.9. The number of nitrogens with zero attached hydrogens (tertiary/aromatic N) is 1. The van der Waals surface area contributed by atoms with Crippen LogP contribution in [0, 0.1) is 11.3 Å². The second kappa shape index (κ2) is 7.42. The van der Waals surface area contributed by atoms with Crippen molar-refractivity contribution in [3.05, 3.63) is 29.8 Å². The van der Waals surface area contributed by atoms with Crippen LogP contribution in [0.1, 0.15) is 32.8 Å². The summed E-state index contributed by atoms with van der Waals surface area (Å²) in [7, 11) is 0. The normalized spacial score (nSPS) is 13.2. The van der Waals surface area contributed by atoms with Crippen molar-refractivity contribution in [1.29, 1.82) is 5.26 Å². The maximum atomic E-state index is 11.9. The van der Waals surface area contributed by atoms with Gasteiger partial charge in [-0.3, -0.25) is 4.79 Å². The molecule has 1 amide bonds. The monoisotopic (exact) mass is 259 g/mol. The van der Waals surface area contributed by atoms with E-state index >= 15 is 0 Å². The Hall–Kier alpha value is -2.02. The summed E-state index contributed by atoms with van der Waals surface area (Å²) in [4.78, 5) is 11.9. The fraction of sp³-hybridized carbons (Fsp3) is 0.467. The molecule has 2 N–H and O–H groups in total. The molecule has 1 aromatic carbocycles. The maximum Gasteiger partial charge on any atom is 0.242 e. The summed E-state index contributed by atoms with van der Waals surface area (Å²) in [5.41, 5.74) is 1.86. The van der Waals surface area contributed by atoms with Crippen LogP contribution in [0.3, 0.4) is 0 Å². The molecule has 0 radical (unpaired) electrons. The van der Waals surface area contributed by atoms with Crippen LogP contribution >= 0.6 is 0 Å². The molecule has 2 unspecified atom stereocenters. The third-order valence-electron chi connectivity index (χ3n) is 3.01. The average Bonchev–Trinajstić information content (AvgIpc) is 2.41. The predicted molar refractivity (Wildman–Crippen MR) is 76.7 cm³/mol. The minimum absolute atomic E-state index is 0.00421. The van der Waals surface area contributed by atoms with E-state index in [0.717, 1.165) is 17.7 Å². The minimum atomic E-state index is -0.282. The van der Waals surface area contributed by atoms with E-state index in [1.54, 1.807) is 0 Å². The highest BCUT2D eigenvalue weighted by Crippen LogP contribution is 2.11. The van der Waals surface area contributed by atoms with Crippen LogP contribution in [0.5, 0.6) is 0 Å². The van der Waals surface area contributed by atoms with Crippen LogP contribution in [0.2, 0.25) is 0 Å². The molecule has 0 aliphatic rings. The summed E-state index contributed by atoms with van der Waals surface area (Å²) in [6, 6.07) is 9.58. The predicted octanol–water partition coefficient (Wildman–Crippen LogP) is 2.47. The van der Waals surface area contributed by atoms with Crippen molar-refractivity contribution in [3.8, 4) is 6.07 Å². The van der Waals surface area contributed by atoms with E-state index in [1.807, 2.05) is 45.0 Å². The number of hydrogen-bond acceptors (Lipinski definition) is 3. The van der Waals surface area contributed by atoms with Crippen molar-refractivity contribution in [2.24, 2.45) is 0 Å². The minimum Gasteiger partial charge on any atom is -0.374 e. The number of amides is 1. The Balaban J connectivity index is 2.54. The molecule has 0 aliphatic heterocycles. The van der Waals surface area contributed by atoms with Gasteiger partial charge in [0.1, 0.15) is 6.04 Å². The van der Waals surface area contributed by atoms with Crippen LogP contribution in [-0.2, 0) is 11.2 Å². The van der Waals surface area contributed by atoms with Crippen molar-refractivity contribution in [2.45, 2.75) is 45.7 Å². The molecule has 0 bridgehead atoms. The van der Waals surface area contributed by atoms with E-state index in [0.29, 0.717) is 6.42 Å². The zero-order chi connectivity index (χ0) is 14.3. The number of carbonyl (C=O) groups excluding carboxylic acids is 1. The molecule has 2 atom stereocenters. The Morgan fingerprint density at radius 3 is 2.47 bits per heavy atom. The van der Waals surface area contributed by atoms with Gasteiger partial charge in [-0.2, -0.15) is 5.26 Å². The molecule has 1 aromatic rings. The van der Waals surface area contributed by atoms with Crippen LogP contribution in [0.4, 0.5) is 5.69 Å². The highest BCUT2D eigenvalue weighted by Gasteiger charge is 2.13. The van der Waals surface area contributed by atoms with E-state index in [1.165, 1.54) is 0 Å². The topological polar surface area (TPSA) is 64.9 Å². The molecule has 1 rings (SSSR count). The average molecular weight is 259 g/mol. The molecule has 19 heavy (non-hydrogen) atoms. The van der Waals surface area contributed by atoms with Gasteiger partial charge in [-0.1, -0.05) is 19.1 Å². The quantitative estimate of drug-likeness (QED) is 0.824. The zero-order valence-electron chi connectivity index (χ0n) is 11.7. The van der Waals surface area contributed by atoms with Crippen molar-refractivity contribution in [1.82, 2.24) is 5.32 Å². The molecule has 0 aliphatic carbocycles. The molecule has 0 spiro atoms. The molecule has 0 fully saturated rings. The van der Waals surface area contributed by atoms with Gasteiger partial charge in [0.2, 0.25) is 5.91 Å². The number of anilines is 1. The third kappa shape index (κ3) is 5.01. The molecule has 102 valence electrons. The number of hydrogen-bond donors (Lipinski definition) is 2. The first-order chi connectivity index (χ1) is 9.06. The van der Waals surface area contributed by atoms with Gasteiger partial charge < -0.3 is 10.6 Å². The molecule has 0 saturated carbocycles. The molecule has 4 nitrogen and oxygen atoms in total. The highest BCUT2D eigenvalue weighted by molar-refractivity contribution is 5.84. The lowest BCUT2D eigenvalue weighted by Gasteiger charge is -2.18. The zero-order valence-corrected chi connectivity index (χ0v) is 11.7. The van der Waals surface area contributed by atoms with Gasteiger partial charge in [0.15, 0.2) is 0 Å². The highest BCUT2D eigenvalue weighted by atomic mass is 16.2. The summed E-state index contributed by atoms with van der Waals surface area (Å²) in [6.07, 6.45) is 1.33. The van der Waals surface area contributed by atoms with Gasteiger partial charge in [0.05, 0.1) is 12.5 Å². The lowest BCUT2D eigenvalue weighted by atomic mass is 10.1. The fourth-order valence-electron chi connectivity index (χ4n) is 1.60.